The topological polar surface area (TPSA) is 46.6 Å². The molecule has 0 unspecified atom stereocenters. The zero-order chi connectivity index (χ0) is 16.9. The number of carbonyl (C=O) groups is 2. The van der Waals surface area contributed by atoms with Crippen molar-refractivity contribution in [1.82, 2.24) is 4.90 Å². The molecule has 0 aromatic heterocycles. The molecule has 0 aliphatic carbocycles. The van der Waals surface area contributed by atoms with Gasteiger partial charge in [0.25, 0.3) is 0 Å². The summed E-state index contributed by atoms with van der Waals surface area (Å²) in [6.07, 6.45) is 2.33. The van der Waals surface area contributed by atoms with Crippen LogP contribution in [0.15, 0.2) is 24.3 Å². The van der Waals surface area contributed by atoms with Crippen molar-refractivity contribution in [2.24, 2.45) is 5.41 Å². The van der Waals surface area contributed by atoms with E-state index in [1.54, 1.807) is 24.0 Å². The van der Waals surface area contributed by atoms with Gasteiger partial charge in [0.2, 0.25) is 5.91 Å². The minimum absolute atomic E-state index is 0.0532. The van der Waals surface area contributed by atoms with Gasteiger partial charge in [-0.15, -0.1) is 0 Å². The van der Waals surface area contributed by atoms with Crippen molar-refractivity contribution in [3.8, 4) is 0 Å². The maximum absolute atomic E-state index is 13.1. The number of ether oxygens (including phenoxy) is 1. The van der Waals surface area contributed by atoms with Gasteiger partial charge in [-0.2, -0.15) is 0 Å². The van der Waals surface area contributed by atoms with Crippen molar-refractivity contribution in [2.45, 2.75) is 39.5 Å². The van der Waals surface area contributed by atoms with E-state index in [1.807, 2.05) is 6.92 Å². The lowest BCUT2D eigenvalue weighted by Gasteiger charge is -2.41. The highest BCUT2D eigenvalue weighted by atomic mass is 19.1. The zero-order valence-electron chi connectivity index (χ0n) is 13.8. The van der Waals surface area contributed by atoms with Gasteiger partial charge in [0.15, 0.2) is 0 Å². The molecule has 1 heterocycles. The zero-order valence-corrected chi connectivity index (χ0v) is 13.8. The second kappa shape index (κ2) is 7.57. The average Bonchev–Trinajstić information content (AvgIpc) is 2.56. The monoisotopic (exact) mass is 321 g/mol. The van der Waals surface area contributed by atoms with Crippen LogP contribution in [0, 0.1) is 11.2 Å². The SMILES string of the molecule is CCOC(=O)[C@@]1(Cc2ccc(F)cc2)CCCN(C(=O)CC)C1. The Balaban J connectivity index is 2.26. The molecule has 1 aliphatic rings. The van der Waals surface area contributed by atoms with Crippen LogP contribution < -0.4 is 0 Å². The highest BCUT2D eigenvalue weighted by Crippen LogP contribution is 2.35. The van der Waals surface area contributed by atoms with Crippen LogP contribution in [-0.4, -0.2) is 36.5 Å². The second-order valence-electron chi connectivity index (χ2n) is 6.08. The Kier molecular flexibility index (Phi) is 5.74. The summed E-state index contributed by atoms with van der Waals surface area (Å²) in [5.41, 5.74) is 0.141. The summed E-state index contributed by atoms with van der Waals surface area (Å²) in [5.74, 6) is -0.513. The summed E-state index contributed by atoms with van der Waals surface area (Å²) in [6.45, 7) is 4.96. The van der Waals surface area contributed by atoms with E-state index in [9.17, 15) is 14.0 Å². The van der Waals surface area contributed by atoms with E-state index < -0.39 is 5.41 Å². The Bertz CT molecular complexity index is 558. The number of likely N-dealkylation sites (tertiary alicyclic amines) is 1. The van der Waals surface area contributed by atoms with Crippen LogP contribution in [0.25, 0.3) is 0 Å². The Morgan fingerprint density at radius 3 is 2.57 bits per heavy atom. The highest BCUT2D eigenvalue weighted by molar-refractivity contribution is 5.81. The summed E-state index contributed by atoms with van der Waals surface area (Å²) in [6, 6.07) is 6.17. The number of esters is 1. The molecule has 0 bridgehead atoms. The Morgan fingerprint density at radius 2 is 1.96 bits per heavy atom. The molecule has 5 heteroatoms. The maximum atomic E-state index is 13.1. The molecule has 0 spiro atoms. The third kappa shape index (κ3) is 4.09. The first-order valence-corrected chi connectivity index (χ1v) is 8.20. The Labute approximate surface area is 136 Å². The summed E-state index contributed by atoms with van der Waals surface area (Å²) in [4.78, 5) is 26.4. The van der Waals surface area contributed by atoms with Crippen LogP contribution in [0.3, 0.4) is 0 Å². The number of hydrogen-bond acceptors (Lipinski definition) is 3. The summed E-state index contributed by atoms with van der Waals surface area (Å²) in [7, 11) is 0. The molecule has 2 rings (SSSR count). The molecular weight excluding hydrogens is 297 g/mol. The number of halogens is 1. The first-order valence-electron chi connectivity index (χ1n) is 8.20. The van der Waals surface area contributed by atoms with Crippen LogP contribution in [0.2, 0.25) is 0 Å². The predicted octanol–water partition coefficient (Wildman–Crippen LogP) is 2.95. The number of piperidine rings is 1. The second-order valence-corrected chi connectivity index (χ2v) is 6.08. The van der Waals surface area contributed by atoms with Crippen LogP contribution >= 0.6 is 0 Å². The van der Waals surface area contributed by atoms with Gasteiger partial charge in [0.1, 0.15) is 5.82 Å². The van der Waals surface area contributed by atoms with Gasteiger partial charge in [-0.25, -0.2) is 4.39 Å². The van der Waals surface area contributed by atoms with E-state index in [2.05, 4.69) is 0 Å². The number of amides is 1. The standard InChI is InChI=1S/C18H24FNO3/c1-3-16(21)20-11-5-10-18(13-20,17(22)23-4-2)12-14-6-8-15(19)9-7-14/h6-9H,3-5,10-13H2,1-2H3/t18-/m1/s1. The van der Waals surface area contributed by atoms with Crippen LogP contribution in [0.1, 0.15) is 38.7 Å². The fourth-order valence-electron chi connectivity index (χ4n) is 3.23. The smallest absolute Gasteiger partial charge is 0.314 e. The number of nitrogens with zero attached hydrogens (tertiary/aromatic N) is 1. The predicted molar refractivity (Wildman–Crippen MR) is 85.3 cm³/mol. The Morgan fingerprint density at radius 1 is 1.26 bits per heavy atom. The van der Waals surface area contributed by atoms with Gasteiger partial charge in [0.05, 0.1) is 12.0 Å². The molecule has 1 fully saturated rings. The van der Waals surface area contributed by atoms with Gasteiger partial charge < -0.3 is 9.64 Å². The van der Waals surface area contributed by atoms with Crippen molar-refractivity contribution in [3.63, 3.8) is 0 Å². The molecule has 4 nitrogen and oxygen atoms in total. The van der Waals surface area contributed by atoms with Crippen molar-refractivity contribution < 1.29 is 18.7 Å². The lowest BCUT2D eigenvalue weighted by Crippen LogP contribution is -2.51. The third-order valence-electron chi connectivity index (χ3n) is 4.40. The first kappa shape index (κ1) is 17.4. The van der Waals surface area contributed by atoms with E-state index in [-0.39, 0.29) is 17.7 Å². The van der Waals surface area contributed by atoms with Gasteiger partial charge >= 0.3 is 5.97 Å². The van der Waals surface area contributed by atoms with Gasteiger partial charge in [-0.3, -0.25) is 9.59 Å². The minimum Gasteiger partial charge on any atom is -0.466 e. The molecule has 126 valence electrons. The molecule has 1 atom stereocenters. The van der Waals surface area contributed by atoms with Gasteiger partial charge in [-0.1, -0.05) is 19.1 Å². The molecule has 23 heavy (non-hydrogen) atoms. The Hall–Kier alpha value is -1.91. The quantitative estimate of drug-likeness (QED) is 0.783. The van der Waals surface area contributed by atoms with E-state index in [0.29, 0.717) is 39.0 Å². The number of carbonyl (C=O) groups excluding carboxylic acids is 2. The average molecular weight is 321 g/mol. The van der Waals surface area contributed by atoms with Crippen molar-refractivity contribution >= 4 is 11.9 Å². The lowest BCUT2D eigenvalue weighted by molar-refractivity contribution is -0.160. The molecule has 1 saturated heterocycles. The largest absolute Gasteiger partial charge is 0.466 e. The third-order valence-corrected chi connectivity index (χ3v) is 4.40. The number of benzene rings is 1. The van der Waals surface area contributed by atoms with Crippen molar-refractivity contribution in [3.05, 3.63) is 35.6 Å². The molecule has 1 aromatic carbocycles. The van der Waals surface area contributed by atoms with E-state index in [4.69, 9.17) is 4.74 Å². The molecule has 1 amide bonds. The maximum Gasteiger partial charge on any atom is 0.314 e. The van der Waals surface area contributed by atoms with Crippen LogP contribution in [0.4, 0.5) is 4.39 Å². The van der Waals surface area contributed by atoms with Crippen LogP contribution in [0.5, 0.6) is 0 Å². The minimum atomic E-state index is -0.739. The van der Waals surface area contributed by atoms with E-state index in [0.717, 1.165) is 12.0 Å². The summed E-state index contributed by atoms with van der Waals surface area (Å²) in [5, 5.41) is 0. The molecule has 0 N–H and O–H groups in total. The fraction of sp³-hybridized carbons (Fsp3) is 0.556. The van der Waals surface area contributed by atoms with Crippen molar-refractivity contribution in [1.29, 1.82) is 0 Å². The number of hydrogen-bond donors (Lipinski definition) is 0. The molecule has 0 saturated carbocycles. The normalized spacial score (nSPS) is 21.1. The summed E-state index contributed by atoms with van der Waals surface area (Å²) < 4.78 is 18.4. The van der Waals surface area contributed by atoms with Gasteiger partial charge in [-0.05, 0) is 43.9 Å². The van der Waals surface area contributed by atoms with E-state index in [1.165, 1.54) is 12.1 Å². The fourth-order valence-corrected chi connectivity index (χ4v) is 3.23. The van der Waals surface area contributed by atoms with Crippen molar-refractivity contribution in [2.75, 3.05) is 19.7 Å². The highest BCUT2D eigenvalue weighted by Gasteiger charge is 2.44. The lowest BCUT2D eigenvalue weighted by atomic mass is 9.75. The molecule has 1 aliphatic heterocycles. The van der Waals surface area contributed by atoms with Crippen LogP contribution in [-0.2, 0) is 20.7 Å². The number of rotatable bonds is 5. The first-order chi connectivity index (χ1) is 11.0. The molecular formula is C18H24FNO3. The molecule has 0 radical (unpaired) electrons. The van der Waals surface area contributed by atoms with Gasteiger partial charge in [0, 0.05) is 19.5 Å². The summed E-state index contributed by atoms with van der Waals surface area (Å²) >= 11 is 0. The van der Waals surface area contributed by atoms with E-state index >= 15 is 0 Å². The molecule has 1 aromatic rings.